The highest BCUT2D eigenvalue weighted by Gasteiger charge is 2.07. The monoisotopic (exact) mass is 413 g/mol. The second-order valence-electron chi connectivity index (χ2n) is 5.79. The van der Waals surface area contributed by atoms with Gasteiger partial charge in [-0.05, 0) is 53.6 Å². The van der Waals surface area contributed by atoms with Crippen LogP contribution in [-0.4, -0.2) is 0 Å². The van der Waals surface area contributed by atoms with Crippen molar-refractivity contribution >= 4 is 46.5 Å². The van der Waals surface area contributed by atoms with Crippen molar-refractivity contribution < 1.29 is 4.74 Å². The number of hydrogen-bond acceptors (Lipinski definition) is 2. The molecule has 2 nitrogen and oxygen atoms in total. The minimum atomic E-state index is 0.405. The van der Waals surface area contributed by atoms with Crippen molar-refractivity contribution in [2.45, 2.75) is 6.61 Å². The van der Waals surface area contributed by atoms with Crippen LogP contribution < -0.4 is 4.74 Å². The molecular formula is C22H14Cl3NO. The van der Waals surface area contributed by atoms with Gasteiger partial charge in [-0.15, -0.1) is 0 Å². The summed E-state index contributed by atoms with van der Waals surface area (Å²) >= 11 is 18.1. The minimum Gasteiger partial charge on any atom is -0.489 e. The van der Waals surface area contributed by atoms with E-state index < -0.39 is 0 Å². The SMILES string of the molecule is N#C/C(=C\c1cccc(OCc2cccc(Cl)c2)c1)c1ccc(Cl)cc1Cl. The van der Waals surface area contributed by atoms with Gasteiger partial charge >= 0.3 is 0 Å². The number of rotatable bonds is 5. The van der Waals surface area contributed by atoms with Crippen LogP contribution in [0, 0.1) is 11.3 Å². The Bertz CT molecular complexity index is 1040. The van der Waals surface area contributed by atoms with E-state index in [-0.39, 0.29) is 0 Å². The second-order valence-corrected chi connectivity index (χ2v) is 7.07. The van der Waals surface area contributed by atoms with E-state index in [0.29, 0.717) is 38.6 Å². The van der Waals surface area contributed by atoms with Crippen LogP contribution in [0.1, 0.15) is 16.7 Å². The summed E-state index contributed by atoms with van der Waals surface area (Å²) in [6, 6.07) is 22.3. The van der Waals surface area contributed by atoms with Crippen LogP contribution >= 0.6 is 34.8 Å². The van der Waals surface area contributed by atoms with Crippen molar-refractivity contribution in [1.29, 1.82) is 5.26 Å². The normalized spacial score (nSPS) is 11.1. The fraction of sp³-hybridized carbons (Fsp3) is 0.0455. The summed E-state index contributed by atoms with van der Waals surface area (Å²) in [5.74, 6) is 0.697. The number of ether oxygens (including phenoxy) is 1. The predicted octanol–water partition coefficient (Wildman–Crippen LogP) is 7.29. The van der Waals surface area contributed by atoms with Crippen LogP contribution in [0.5, 0.6) is 5.75 Å². The van der Waals surface area contributed by atoms with Gasteiger partial charge in [0, 0.05) is 15.6 Å². The van der Waals surface area contributed by atoms with E-state index in [1.54, 1.807) is 24.3 Å². The van der Waals surface area contributed by atoms with Gasteiger partial charge < -0.3 is 4.74 Å². The van der Waals surface area contributed by atoms with Crippen molar-refractivity contribution in [3.63, 3.8) is 0 Å². The molecule has 3 aromatic carbocycles. The third kappa shape index (κ3) is 5.28. The van der Waals surface area contributed by atoms with Gasteiger partial charge in [0.25, 0.3) is 0 Å². The Morgan fingerprint density at radius 3 is 2.44 bits per heavy atom. The van der Waals surface area contributed by atoms with Gasteiger partial charge in [0.15, 0.2) is 0 Å². The van der Waals surface area contributed by atoms with Crippen LogP contribution in [0.3, 0.4) is 0 Å². The lowest BCUT2D eigenvalue weighted by Gasteiger charge is -2.08. The molecule has 0 unspecified atom stereocenters. The second kappa shape index (κ2) is 8.97. The first-order valence-electron chi connectivity index (χ1n) is 8.10. The van der Waals surface area contributed by atoms with Gasteiger partial charge in [0.2, 0.25) is 0 Å². The summed E-state index contributed by atoms with van der Waals surface area (Å²) in [4.78, 5) is 0. The minimum absolute atomic E-state index is 0.405. The molecule has 0 aliphatic carbocycles. The summed E-state index contributed by atoms with van der Waals surface area (Å²) in [6.07, 6.45) is 1.77. The Labute approximate surface area is 173 Å². The Hall–Kier alpha value is -2.44. The average Bonchev–Trinajstić information content (AvgIpc) is 2.65. The molecule has 27 heavy (non-hydrogen) atoms. The summed E-state index contributed by atoms with van der Waals surface area (Å²) in [6.45, 7) is 0.405. The fourth-order valence-corrected chi connectivity index (χ4v) is 3.26. The van der Waals surface area contributed by atoms with Crippen molar-refractivity contribution in [2.75, 3.05) is 0 Å². The molecule has 0 radical (unpaired) electrons. The zero-order valence-electron chi connectivity index (χ0n) is 14.1. The molecule has 0 spiro atoms. The molecule has 0 atom stereocenters. The number of hydrogen-bond donors (Lipinski definition) is 0. The molecule has 0 saturated carbocycles. The molecule has 0 aliphatic heterocycles. The van der Waals surface area contributed by atoms with E-state index in [1.807, 2.05) is 48.5 Å². The standard InChI is InChI=1S/C22H14Cl3NO/c23-18-5-1-4-16(10-18)14-27-20-6-2-3-15(11-20)9-17(13-26)21-8-7-19(24)12-22(21)25/h1-12H,14H2/b17-9+. The molecule has 3 rings (SSSR count). The first kappa shape index (κ1) is 19.3. The number of benzene rings is 3. The molecular weight excluding hydrogens is 401 g/mol. The van der Waals surface area contributed by atoms with Crippen LogP contribution in [-0.2, 0) is 6.61 Å². The van der Waals surface area contributed by atoms with Gasteiger partial charge in [-0.2, -0.15) is 5.26 Å². The zero-order valence-corrected chi connectivity index (χ0v) is 16.4. The maximum absolute atomic E-state index is 9.53. The third-order valence-electron chi connectivity index (χ3n) is 3.81. The molecule has 5 heteroatoms. The maximum Gasteiger partial charge on any atom is 0.120 e. The Balaban J connectivity index is 1.81. The Kier molecular flexibility index (Phi) is 6.42. The topological polar surface area (TPSA) is 33.0 Å². The quantitative estimate of drug-likeness (QED) is 0.324. The number of nitrogens with zero attached hydrogens (tertiary/aromatic N) is 1. The molecule has 0 saturated heterocycles. The van der Waals surface area contributed by atoms with E-state index in [1.165, 1.54) is 0 Å². The largest absolute Gasteiger partial charge is 0.489 e. The number of halogens is 3. The van der Waals surface area contributed by atoms with Gasteiger partial charge in [-0.25, -0.2) is 0 Å². The number of allylic oxidation sites excluding steroid dienone is 1. The van der Waals surface area contributed by atoms with Crippen LogP contribution in [0.2, 0.25) is 15.1 Å². The van der Waals surface area contributed by atoms with Crippen molar-refractivity contribution in [3.05, 3.63) is 98.5 Å². The van der Waals surface area contributed by atoms with Gasteiger partial charge in [0.1, 0.15) is 12.4 Å². The summed E-state index contributed by atoms with van der Waals surface area (Å²) in [5, 5.41) is 11.2. The lowest BCUT2D eigenvalue weighted by atomic mass is 10.0. The van der Waals surface area contributed by atoms with E-state index in [2.05, 4.69) is 6.07 Å². The molecule has 0 heterocycles. The van der Waals surface area contributed by atoms with E-state index in [0.717, 1.165) is 11.1 Å². The molecule has 134 valence electrons. The summed E-state index contributed by atoms with van der Waals surface area (Å²) < 4.78 is 5.83. The molecule has 0 amide bonds. The summed E-state index contributed by atoms with van der Waals surface area (Å²) in [7, 11) is 0. The molecule has 0 bridgehead atoms. The lowest BCUT2D eigenvalue weighted by molar-refractivity contribution is 0.306. The van der Waals surface area contributed by atoms with Gasteiger partial charge in [-0.1, -0.05) is 65.1 Å². The smallest absolute Gasteiger partial charge is 0.120 e. The van der Waals surface area contributed by atoms with Crippen LogP contribution in [0.4, 0.5) is 0 Å². The van der Waals surface area contributed by atoms with Crippen molar-refractivity contribution in [2.24, 2.45) is 0 Å². The van der Waals surface area contributed by atoms with Crippen molar-refractivity contribution in [1.82, 2.24) is 0 Å². The van der Waals surface area contributed by atoms with Crippen molar-refractivity contribution in [3.8, 4) is 11.8 Å². The first-order chi connectivity index (χ1) is 13.0. The fourth-order valence-electron chi connectivity index (χ4n) is 2.53. The summed E-state index contributed by atoms with van der Waals surface area (Å²) in [5.41, 5.74) is 2.90. The molecule has 0 fully saturated rings. The highest BCUT2D eigenvalue weighted by atomic mass is 35.5. The maximum atomic E-state index is 9.53. The Morgan fingerprint density at radius 2 is 1.70 bits per heavy atom. The Morgan fingerprint density at radius 1 is 0.926 bits per heavy atom. The average molecular weight is 415 g/mol. The molecule has 3 aromatic rings. The predicted molar refractivity (Wildman–Crippen MR) is 112 cm³/mol. The van der Waals surface area contributed by atoms with Crippen LogP contribution in [0.25, 0.3) is 11.6 Å². The highest BCUT2D eigenvalue weighted by Crippen LogP contribution is 2.29. The lowest BCUT2D eigenvalue weighted by Crippen LogP contribution is -1.95. The van der Waals surface area contributed by atoms with E-state index in [4.69, 9.17) is 39.5 Å². The third-order valence-corrected chi connectivity index (χ3v) is 4.59. The molecule has 0 aliphatic rings. The molecule has 0 aromatic heterocycles. The molecule has 0 N–H and O–H groups in total. The highest BCUT2D eigenvalue weighted by molar-refractivity contribution is 6.36. The first-order valence-corrected chi connectivity index (χ1v) is 9.23. The van der Waals surface area contributed by atoms with E-state index >= 15 is 0 Å². The van der Waals surface area contributed by atoms with E-state index in [9.17, 15) is 5.26 Å². The zero-order chi connectivity index (χ0) is 19.2. The van der Waals surface area contributed by atoms with Crippen LogP contribution in [0.15, 0.2) is 66.7 Å². The van der Waals surface area contributed by atoms with Gasteiger partial charge in [-0.3, -0.25) is 0 Å². The van der Waals surface area contributed by atoms with Gasteiger partial charge in [0.05, 0.1) is 16.7 Å². The number of nitriles is 1.